The lowest BCUT2D eigenvalue weighted by Gasteiger charge is -2.34. The maximum Gasteiger partial charge on any atom is 0.247 e. The summed E-state index contributed by atoms with van der Waals surface area (Å²) in [4.78, 5) is 29.6. The normalized spacial score (nSPS) is 12.1. The van der Waals surface area contributed by atoms with Crippen LogP contribution in [0.4, 0.5) is 0 Å². The van der Waals surface area contributed by atoms with Crippen molar-refractivity contribution in [1.29, 1.82) is 0 Å². The minimum Gasteiger partial charge on any atom is -0.497 e. The number of amides is 2. The maximum absolute atomic E-state index is 14.1. The zero-order chi connectivity index (χ0) is 28.0. The Morgan fingerprint density at radius 2 is 1.59 bits per heavy atom. The smallest absolute Gasteiger partial charge is 0.247 e. The number of benzene rings is 3. The summed E-state index contributed by atoms with van der Waals surface area (Å²) >= 11 is 0. The fraction of sp³-hybridized carbons (Fsp3) is 0.333. The Balaban J connectivity index is 1.78. The van der Waals surface area contributed by atoms with Gasteiger partial charge in [-0.3, -0.25) is 9.59 Å². The monoisotopic (exact) mass is 529 g/mol. The highest BCUT2D eigenvalue weighted by atomic mass is 16.5. The Morgan fingerprint density at radius 3 is 2.23 bits per heavy atom. The van der Waals surface area contributed by atoms with Crippen LogP contribution in [0, 0.1) is 0 Å². The van der Waals surface area contributed by atoms with Crippen molar-refractivity contribution < 1.29 is 19.1 Å². The first-order valence-corrected chi connectivity index (χ1v) is 12.8. The van der Waals surface area contributed by atoms with E-state index in [1.807, 2.05) is 75.4 Å². The van der Waals surface area contributed by atoms with Gasteiger partial charge in [0.1, 0.15) is 29.6 Å². The number of hydrogen-bond acceptors (Lipinski definition) is 6. The first-order valence-electron chi connectivity index (χ1n) is 12.8. The summed E-state index contributed by atoms with van der Waals surface area (Å²) in [7, 11) is 3.11. The molecule has 3 aromatic carbocycles. The first kappa shape index (κ1) is 27.6. The predicted octanol–water partition coefficient (Wildman–Crippen LogP) is 4.18. The van der Waals surface area contributed by atoms with Crippen molar-refractivity contribution in [3.63, 3.8) is 0 Å². The van der Waals surface area contributed by atoms with E-state index >= 15 is 0 Å². The molecule has 4 rings (SSSR count). The summed E-state index contributed by atoms with van der Waals surface area (Å²) in [5, 5.41) is 11.5. The summed E-state index contributed by atoms with van der Waals surface area (Å²) in [6.07, 6.45) is 0.561. The van der Waals surface area contributed by atoms with E-state index in [9.17, 15) is 9.59 Å². The molecule has 0 aliphatic rings. The van der Waals surface area contributed by atoms with Crippen LogP contribution in [0.5, 0.6) is 11.5 Å². The van der Waals surface area contributed by atoms with Gasteiger partial charge < -0.3 is 19.7 Å². The second-order valence-electron chi connectivity index (χ2n) is 10.3. The molecule has 1 aromatic heterocycles. The van der Waals surface area contributed by atoms with E-state index in [0.29, 0.717) is 35.5 Å². The van der Waals surface area contributed by atoms with E-state index in [-0.39, 0.29) is 18.4 Å². The molecule has 0 radical (unpaired) electrons. The zero-order valence-electron chi connectivity index (χ0n) is 23.0. The summed E-state index contributed by atoms with van der Waals surface area (Å²) < 4.78 is 12.6. The SMILES string of the molecule is COc1cc(OC)cc([C@H](C(=O)NC(C)(C)C)N(CCc2ccccc2)C(=O)Cn2nnc3ccccc32)c1. The third kappa shape index (κ3) is 6.93. The average molecular weight is 530 g/mol. The maximum atomic E-state index is 14.1. The van der Waals surface area contributed by atoms with Gasteiger partial charge >= 0.3 is 0 Å². The molecule has 0 aliphatic heterocycles. The molecular formula is C30H35N5O4. The van der Waals surface area contributed by atoms with E-state index in [1.165, 1.54) is 0 Å². The number of carbonyl (C=O) groups excluding carboxylic acids is 2. The molecule has 2 amide bonds. The quantitative estimate of drug-likeness (QED) is 0.331. The molecule has 1 atom stereocenters. The first-order chi connectivity index (χ1) is 18.7. The summed E-state index contributed by atoms with van der Waals surface area (Å²) in [5.41, 5.74) is 2.56. The third-order valence-corrected chi connectivity index (χ3v) is 6.26. The van der Waals surface area contributed by atoms with Gasteiger partial charge in [-0.2, -0.15) is 0 Å². The van der Waals surface area contributed by atoms with Gasteiger partial charge in [0.25, 0.3) is 0 Å². The number of fused-ring (bicyclic) bond motifs is 1. The van der Waals surface area contributed by atoms with Gasteiger partial charge in [-0.05, 0) is 62.6 Å². The number of ether oxygens (including phenoxy) is 2. The van der Waals surface area contributed by atoms with Crippen LogP contribution in [0.15, 0.2) is 72.8 Å². The molecule has 204 valence electrons. The van der Waals surface area contributed by atoms with Crippen molar-refractivity contribution in [1.82, 2.24) is 25.2 Å². The predicted molar refractivity (Wildman–Crippen MR) is 150 cm³/mol. The van der Waals surface area contributed by atoms with E-state index in [1.54, 1.807) is 42.0 Å². The Hall–Kier alpha value is -4.40. The van der Waals surface area contributed by atoms with Crippen molar-refractivity contribution in [2.75, 3.05) is 20.8 Å². The highest BCUT2D eigenvalue weighted by molar-refractivity contribution is 5.89. The van der Waals surface area contributed by atoms with Crippen LogP contribution in [-0.4, -0.2) is 58.0 Å². The molecule has 0 saturated carbocycles. The third-order valence-electron chi connectivity index (χ3n) is 6.26. The molecule has 0 bridgehead atoms. The van der Waals surface area contributed by atoms with E-state index < -0.39 is 11.6 Å². The molecule has 9 heteroatoms. The second-order valence-corrected chi connectivity index (χ2v) is 10.3. The van der Waals surface area contributed by atoms with Gasteiger partial charge in [-0.25, -0.2) is 4.68 Å². The van der Waals surface area contributed by atoms with Crippen molar-refractivity contribution in [2.45, 2.75) is 45.3 Å². The Labute approximate surface area is 228 Å². The van der Waals surface area contributed by atoms with Gasteiger partial charge in [-0.15, -0.1) is 5.10 Å². The second kappa shape index (κ2) is 12.0. The number of hydrogen-bond donors (Lipinski definition) is 1. The molecular weight excluding hydrogens is 494 g/mol. The summed E-state index contributed by atoms with van der Waals surface area (Å²) in [6, 6.07) is 21.7. The van der Waals surface area contributed by atoms with Crippen LogP contribution < -0.4 is 14.8 Å². The summed E-state index contributed by atoms with van der Waals surface area (Å²) in [6.45, 7) is 5.95. The highest BCUT2D eigenvalue weighted by Crippen LogP contribution is 2.31. The highest BCUT2D eigenvalue weighted by Gasteiger charge is 2.34. The van der Waals surface area contributed by atoms with Crippen molar-refractivity contribution in [3.8, 4) is 11.5 Å². The van der Waals surface area contributed by atoms with E-state index in [2.05, 4.69) is 15.6 Å². The number of nitrogens with zero attached hydrogens (tertiary/aromatic N) is 4. The fourth-order valence-corrected chi connectivity index (χ4v) is 4.44. The molecule has 0 fully saturated rings. The largest absolute Gasteiger partial charge is 0.497 e. The Kier molecular flexibility index (Phi) is 8.49. The van der Waals surface area contributed by atoms with Gasteiger partial charge in [0.15, 0.2) is 0 Å². The number of methoxy groups -OCH3 is 2. The minimum atomic E-state index is -0.945. The molecule has 1 heterocycles. The number of aromatic nitrogens is 3. The number of rotatable bonds is 10. The van der Waals surface area contributed by atoms with Gasteiger partial charge in [-0.1, -0.05) is 47.7 Å². The molecule has 0 spiro atoms. The van der Waals surface area contributed by atoms with Crippen LogP contribution in [0.1, 0.15) is 37.9 Å². The lowest BCUT2D eigenvalue weighted by molar-refractivity contribution is -0.142. The molecule has 39 heavy (non-hydrogen) atoms. The van der Waals surface area contributed by atoms with Crippen molar-refractivity contribution in [3.05, 3.63) is 83.9 Å². The van der Waals surface area contributed by atoms with Gasteiger partial charge in [0, 0.05) is 18.2 Å². The van der Waals surface area contributed by atoms with E-state index in [4.69, 9.17) is 9.47 Å². The molecule has 0 unspecified atom stereocenters. The topological polar surface area (TPSA) is 98.6 Å². The lowest BCUT2D eigenvalue weighted by atomic mass is 10.00. The fourth-order valence-electron chi connectivity index (χ4n) is 4.44. The average Bonchev–Trinajstić information content (AvgIpc) is 3.32. The lowest BCUT2D eigenvalue weighted by Crippen LogP contribution is -2.50. The number of carbonyl (C=O) groups is 2. The van der Waals surface area contributed by atoms with Crippen LogP contribution in [0.25, 0.3) is 11.0 Å². The van der Waals surface area contributed by atoms with Crippen molar-refractivity contribution >= 4 is 22.8 Å². The Bertz CT molecular complexity index is 1410. The van der Waals surface area contributed by atoms with Crippen LogP contribution in [0.2, 0.25) is 0 Å². The van der Waals surface area contributed by atoms with E-state index in [0.717, 1.165) is 11.1 Å². The number of para-hydroxylation sites is 1. The van der Waals surface area contributed by atoms with Crippen LogP contribution in [-0.2, 0) is 22.6 Å². The van der Waals surface area contributed by atoms with Crippen LogP contribution >= 0.6 is 0 Å². The van der Waals surface area contributed by atoms with Gasteiger partial charge in [0.05, 0.1) is 19.7 Å². The number of nitrogens with one attached hydrogen (secondary N) is 1. The van der Waals surface area contributed by atoms with Crippen molar-refractivity contribution in [2.24, 2.45) is 0 Å². The summed E-state index contributed by atoms with van der Waals surface area (Å²) in [5.74, 6) is 0.478. The molecule has 0 saturated heterocycles. The standard InChI is InChI=1S/C30H35N5O4/c1-30(2,3)31-29(37)28(22-17-23(38-4)19-24(18-22)39-5)34(16-15-21-11-7-6-8-12-21)27(36)20-35-26-14-10-9-13-25(26)32-33-35/h6-14,17-19,28H,15-16,20H2,1-5H3,(H,31,37)/t28-/m1/s1. The van der Waals surface area contributed by atoms with Crippen LogP contribution in [0.3, 0.4) is 0 Å². The zero-order valence-corrected chi connectivity index (χ0v) is 23.0. The Morgan fingerprint density at radius 1 is 0.949 bits per heavy atom. The molecule has 4 aromatic rings. The van der Waals surface area contributed by atoms with Gasteiger partial charge in [0.2, 0.25) is 11.8 Å². The molecule has 9 nitrogen and oxygen atoms in total. The minimum absolute atomic E-state index is 0.0737. The molecule has 0 aliphatic carbocycles. The molecule has 1 N–H and O–H groups in total.